The number of piperazine rings is 1. The third-order valence-corrected chi connectivity index (χ3v) is 4.99. The van der Waals surface area contributed by atoms with Gasteiger partial charge in [0.05, 0.1) is 5.54 Å². The lowest BCUT2D eigenvalue weighted by molar-refractivity contribution is -0.193. The molecule has 1 aliphatic heterocycles. The van der Waals surface area contributed by atoms with E-state index in [-0.39, 0.29) is 12.6 Å². The maximum absolute atomic E-state index is 12.9. The van der Waals surface area contributed by atoms with Crippen molar-refractivity contribution in [3.63, 3.8) is 0 Å². The second kappa shape index (κ2) is 5.82. The van der Waals surface area contributed by atoms with E-state index in [1.807, 2.05) is 37.3 Å². The topological polar surface area (TPSA) is 23.6 Å². The largest absolute Gasteiger partial charge is 0.471 e. The van der Waals surface area contributed by atoms with Gasteiger partial charge in [-0.15, -0.1) is 0 Å². The summed E-state index contributed by atoms with van der Waals surface area (Å²) in [5.74, 6) is -1.67. The van der Waals surface area contributed by atoms with Gasteiger partial charge in [0.15, 0.2) is 0 Å². The zero-order valence-corrected chi connectivity index (χ0v) is 13.1. The first-order valence-corrected chi connectivity index (χ1v) is 8.02. The van der Waals surface area contributed by atoms with Crippen LogP contribution in [0.25, 0.3) is 0 Å². The van der Waals surface area contributed by atoms with Crippen LogP contribution in [0, 0.1) is 0 Å². The summed E-state index contributed by atoms with van der Waals surface area (Å²) in [6.07, 6.45) is -2.73. The fourth-order valence-corrected chi connectivity index (χ4v) is 3.53. The predicted molar refractivity (Wildman–Crippen MR) is 80.7 cm³/mol. The summed E-state index contributed by atoms with van der Waals surface area (Å²) in [6, 6.07) is 9.90. The van der Waals surface area contributed by atoms with E-state index in [0.717, 1.165) is 23.4 Å². The molecule has 1 aliphatic carbocycles. The van der Waals surface area contributed by atoms with Gasteiger partial charge in [-0.05, 0) is 24.8 Å². The van der Waals surface area contributed by atoms with E-state index in [9.17, 15) is 18.0 Å². The molecule has 1 aromatic carbocycles. The summed E-state index contributed by atoms with van der Waals surface area (Å²) in [4.78, 5) is 15.1. The van der Waals surface area contributed by atoms with Gasteiger partial charge in [0.25, 0.3) is 0 Å². The van der Waals surface area contributed by atoms with Gasteiger partial charge < -0.3 is 4.90 Å². The van der Waals surface area contributed by atoms with E-state index < -0.39 is 17.6 Å². The third-order valence-electron chi connectivity index (χ3n) is 4.99. The highest BCUT2D eigenvalue weighted by molar-refractivity contribution is 5.83. The van der Waals surface area contributed by atoms with Gasteiger partial charge in [-0.3, -0.25) is 9.69 Å². The molecule has 6 heteroatoms. The van der Waals surface area contributed by atoms with Crippen LogP contribution in [0.4, 0.5) is 13.2 Å². The standard InChI is InChI=1S/C17H21F3N2O/c1-2-14-11-22(15(23)17(18,19)20)16(8-9-16)12-21(14)10-13-6-4-3-5-7-13/h3-7,14H,2,8-12H2,1H3. The Balaban J connectivity index is 1.78. The predicted octanol–water partition coefficient (Wildman–Crippen LogP) is 3.20. The lowest BCUT2D eigenvalue weighted by Crippen LogP contribution is -2.63. The van der Waals surface area contributed by atoms with Crippen molar-refractivity contribution in [3.8, 4) is 0 Å². The van der Waals surface area contributed by atoms with E-state index in [4.69, 9.17) is 0 Å². The van der Waals surface area contributed by atoms with Crippen molar-refractivity contribution in [2.75, 3.05) is 13.1 Å². The highest BCUT2D eigenvalue weighted by Crippen LogP contribution is 2.47. The molecule has 23 heavy (non-hydrogen) atoms. The van der Waals surface area contributed by atoms with Gasteiger partial charge in [0, 0.05) is 25.7 Å². The van der Waals surface area contributed by atoms with E-state index in [2.05, 4.69) is 4.90 Å². The minimum Gasteiger partial charge on any atom is -0.326 e. The summed E-state index contributed by atoms with van der Waals surface area (Å²) < 4.78 is 38.6. The number of hydrogen-bond acceptors (Lipinski definition) is 2. The van der Waals surface area contributed by atoms with E-state index in [1.165, 1.54) is 0 Å². The number of halogens is 3. The van der Waals surface area contributed by atoms with Crippen LogP contribution in [0.5, 0.6) is 0 Å². The van der Waals surface area contributed by atoms with Crippen molar-refractivity contribution in [2.24, 2.45) is 0 Å². The van der Waals surface area contributed by atoms with Crippen molar-refractivity contribution in [1.82, 2.24) is 9.80 Å². The minimum absolute atomic E-state index is 0.0345. The number of alkyl halides is 3. The van der Waals surface area contributed by atoms with Gasteiger partial charge >= 0.3 is 12.1 Å². The van der Waals surface area contributed by atoms with Gasteiger partial charge in [0.1, 0.15) is 0 Å². The summed E-state index contributed by atoms with van der Waals surface area (Å²) in [5.41, 5.74) is 0.546. The lowest BCUT2D eigenvalue weighted by Gasteiger charge is -2.47. The summed E-state index contributed by atoms with van der Waals surface area (Å²) in [5, 5.41) is 0. The van der Waals surface area contributed by atoms with Crippen LogP contribution in [0.3, 0.4) is 0 Å². The number of amides is 1. The second-order valence-electron chi connectivity index (χ2n) is 6.59. The van der Waals surface area contributed by atoms with Crippen LogP contribution in [0.1, 0.15) is 31.7 Å². The fraction of sp³-hybridized carbons (Fsp3) is 0.588. The SMILES string of the molecule is CCC1CN(C(=O)C(F)(F)F)C2(CC2)CN1Cc1ccccc1. The Kier molecular flexibility index (Phi) is 4.12. The average Bonchev–Trinajstić information content (AvgIpc) is 3.27. The van der Waals surface area contributed by atoms with Crippen LogP contribution < -0.4 is 0 Å². The number of rotatable bonds is 3. The van der Waals surface area contributed by atoms with E-state index >= 15 is 0 Å². The minimum atomic E-state index is -4.78. The maximum atomic E-state index is 12.9. The molecular formula is C17H21F3N2O. The molecule has 2 aliphatic rings. The first kappa shape index (κ1) is 16.3. The van der Waals surface area contributed by atoms with E-state index in [1.54, 1.807) is 0 Å². The maximum Gasteiger partial charge on any atom is 0.471 e. The first-order chi connectivity index (χ1) is 10.9. The summed E-state index contributed by atoms with van der Waals surface area (Å²) in [6.45, 7) is 3.38. The molecule has 1 unspecified atom stereocenters. The summed E-state index contributed by atoms with van der Waals surface area (Å²) >= 11 is 0. The molecule has 1 atom stereocenters. The Morgan fingerprint density at radius 1 is 1.26 bits per heavy atom. The molecule has 126 valence electrons. The molecule has 1 saturated carbocycles. The van der Waals surface area contributed by atoms with Gasteiger partial charge in [-0.25, -0.2) is 0 Å². The molecule has 0 aromatic heterocycles. The van der Waals surface area contributed by atoms with Crippen molar-refractivity contribution in [2.45, 2.75) is 50.5 Å². The Morgan fingerprint density at radius 2 is 1.91 bits per heavy atom. The average molecular weight is 326 g/mol. The van der Waals surface area contributed by atoms with Crippen molar-refractivity contribution in [3.05, 3.63) is 35.9 Å². The molecule has 1 saturated heterocycles. The zero-order valence-electron chi connectivity index (χ0n) is 13.1. The van der Waals surface area contributed by atoms with Crippen molar-refractivity contribution in [1.29, 1.82) is 0 Å². The number of hydrogen-bond donors (Lipinski definition) is 0. The van der Waals surface area contributed by atoms with Gasteiger partial charge in [-0.2, -0.15) is 13.2 Å². The summed E-state index contributed by atoms with van der Waals surface area (Å²) in [7, 11) is 0. The molecule has 1 spiro atoms. The van der Waals surface area contributed by atoms with Crippen LogP contribution in [0.15, 0.2) is 30.3 Å². The molecule has 1 aromatic rings. The van der Waals surface area contributed by atoms with Crippen molar-refractivity contribution >= 4 is 5.91 Å². The third kappa shape index (κ3) is 3.22. The highest BCUT2D eigenvalue weighted by atomic mass is 19.4. The monoisotopic (exact) mass is 326 g/mol. The van der Waals surface area contributed by atoms with Crippen LogP contribution in [0.2, 0.25) is 0 Å². The Morgan fingerprint density at radius 3 is 2.43 bits per heavy atom. The Bertz CT molecular complexity index is 569. The van der Waals surface area contributed by atoms with Crippen LogP contribution >= 0.6 is 0 Å². The second-order valence-corrected chi connectivity index (χ2v) is 6.59. The zero-order chi connectivity index (χ0) is 16.7. The normalized spacial score (nSPS) is 24.0. The number of carbonyl (C=O) groups excluding carboxylic acids is 1. The molecular weight excluding hydrogens is 305 g/mol. The first-order valence-electron chi connectivity index (χ1n) is 8.02. The van der Waals surface area contributed by atoms with Crippen LogP contribution in [-0.2, 0) is 11.3 Å². The lowest BCUT2D eigenvalue weighted by atomic mass is 10.0. The molecule has 2 fully saturated rings. The van der Waals surface area contributed by atoms with E-state index in [0.29, 0.717) is 19.4 Å². The smallest absolute Gasteiger partial charge is 0.326 e. The van der Waals surface area contributed by atoms with Crippen molar-refractivity contribution < 1.29 is 18.0 Å². The molecule has 0 bridgehead atoms. The number of carbonyl (C=O) groups is 1. The molecule has 1 amide bonds. The van der Waals surface area contributed by atoms with Crippen LogP contribution in [-0.4, -0.2) is 46.6 Å². The van der Waals surface area contributed by atoms with Gasteiger partial charge in [-0.1, -0.05) is 37.3 Å². The molecule has 0 radical (unpaired) electrons. The Labute approximate surface area is 134 Å². The fourth-order valence-electron chi connectivity index (χ4n) is 3.53. The molecule has 3 rings (SSSR count). The Hall–Kier alpha value is -1.56. The molecule has 3 nitrogen and oxygen atoms in total. The molecule has 1 heterocycles. The highest BCUT2D eigenvalue weighted by Gasteiger charge is 2.59. The number of benzene rings is 1. The van der Waals surface area contributed by atoms with Gasteiger partial charge in [0.2, 0.25) is 0 Å². The molecule has 0 N–H and O–H groups in total. The number of nitrogens with zero attached hydrogens (tertiary/aromatic N) is 2. The quantitative estimate of drug-likeness (QED) is 0.851.